The Kier molecular flexibility index (Phi) is 2.61. The Morgan fingerprint density at radius 3 is 1.94 bits per heavy atom. The Labute approximate surface area is 107 Å². The van der Waals surface area contributed by atoms with Gasteiger partial charge in [-0.25, -0.2) is 0 Å². The average molecular weight is 282 g/mol. The van der Waals surface area contributed by atoms with Crippen molar-refractivity contribution >= 4 is 21.6 Å². The van der Waals surface area contributed by atoms with Gasteiger partial charge in [0.05, 0.1) is 0 Å². The molecule has 2 heteroatoms. The highest BCUT2D eigenvalue weighted by atomic mass is 79.9. The summed E-state index contributed by atoms with van der Waals surface area (Å²) in [6.45, 7) is 9.27. The third kappa shape index (κ3) is 1.77. The lowest BCUT2D eigenvalue weighted by Crippen LogP contribution is -2.33. The van der Waals surface area contributed by atoms with Gasteiger partial charge in [-0.1, -0.05) is 27.7 Å². The van der Waals surface area contributed by atoms with Gasteiger partial charge in [-0.2, -0.15) is 0 Å². The number of halogens is 1. The maximum absolute atomic E-state index is 6.01. The lowest BCUT2D eigenvalue weighted by molar-refractivity contribution is 0.332. The molecule has 1 aromatic rings. The summed E-state index contributed by atoms with van der Waals surface area (Å²) in [6.07, 6.45) is 2.47. The van der Waals surface area contributed by atoms with Crippen molar-refractivity contribution < 1.29 is 0 Å². The van der Waals surface area contributed by atoms with E-state index in [1.165, 1.54) is 24.0 Å². The van der Waals surface area contributed by atoms with Gasteiger partial charge in [0, 0.05) is 10.2 Å². The van der Waals surface area contributed by atoms with Crippen molar-refractivity contribution in [2.45, 2.75) is 51.4 Å². The monoisotopic (exact) mass is 281 g/mol. The molecule has 1 nitrogen and oxygen atoms in total. The van der Waals surface area contributed by atoms with E-state index in [4.69, 9.17) is 5.73 Å². The molecule has 1 aromatic carbocycles. The molecule has 0 saturated heterocycles. The molecule has 88 valence electrons. The van der Waals surface area contributed by atoms with Crippen LogP contribution in [0.1, 0.15) is 51.7 Å². The van der Waals surface area contributed by atoms with Crippen LogP contribution in [0.4, 0.5) is 5.69 Å². The summed E-state index contributed by atoms with van der Waals surface area (Å²) in [7, 11) is 0. The summed E-state index contributed by atoms with van der Waals surface area (Å²) in [4.78, 5) is 0. The first-order valence-corrected chi connectivity index (χ1v) is 6.63. The van der Waals surface area contributed by atoms with Crippen LogP contribution in [0, 0.1) is 0 Å². The Bertz CT molecular complexity index is 392. The second kappa shape index (κ2) is 3.49. The number of nitrogen functional groups attached to an aromatic ring is 1. The Hall–Kier alpha value is -0.500. The second-order valence-corrected chi connectivity index (χ2v) is 7.04. The highest BCUT2D eigenvalue weighted by molar-refractivity contribution is 9.10. The molecule has 0 atom stereocenters. The zero-order valence-corrected chi connectivity index (χ0v) is 12.1. The molecule has 2 rings (SSSR count). The van der Waals surface area contributed by atoms with Gasteiger partial charge in [-0.05, 0) is 62.9 Å². The molecule has 0 spiro atoms. The summed E-state index contributed by atoms with van der Waals surface area (Å²) in [6, 6.07) is 4.37. The van der Waals surface area contributed by atoms with Gasteiger partial charge in [-0.3, -0.25) is 0 Å². The topological polar surface area (TPSA) is 26.0 Å². The smallest absolute Gasteiger partial charge is 0.0461 e. The van der Waals surface area contributed by atoms with Gasteiger partial charge in [0.15, 0.2) is 0 Å². The largest absolute Gasteiger partial charge is 0.398 e. The van der Waals surface area contributed by atoms with Crippen LogP contribution >= 0.6 is 15.9 Å². The predicted octanol–water partition coefficient (Wildman–Crippen LogP) is 4.38. The van der Waals surface area contributed by atoms with Gasteiger partial charge in [0.25, 0.3) is 0 Å². The molecular formula is C14H20BrN. The summed E-state index contributed by atoms with van der Waals surface area (Å²) < 4.78 is 1.03. The van der Waals surface area contributed by atoms with Crippen molar-refractivity contribution in [1.82, 2.24) is 0 Å². The molecule has 0 radical (unpaired) electrons. The van der Waals surface area contributed by atoms with Gasteiger partial charge in [0.2, 0.25) is 0 Å². The van der Waals surface area contributed by atoms with E-state index >= 15 is 0 Å². The van der Waals surface area contributed by atoms with Crippen molar-refractivity contribution in [1.29, 1.82) is 0 Å². The summed E-state index contributed by atoms with van der Waals surface area (Å²) in [5, 5.41) is 0. The number of hydrogen-bond donors (Lipinski definition) is 1. The predicted molar refractivity (Wildman–Crippen MR) is 73.8 cm³/mol. The van der Waals surface area contributed by atoms with Crippen LogP contribution in [0.15, 0.2) is 16.6 Å². The third-order valence-corrected chi connectivity index (χ3v) is 4.66. The number of benzene rings is 1. The lowest BCUT2D eigenvalue weighted by Gasteiger charge is -2.42. The summed E-state index contributed by atoms with van der Waals surface area (Å²) >= 11 is 3.54. The Balaban J connectivity index is 2.70. The van der Waals surface area contributed by atoms with Crippen molar-refractivity contribution in [3.63, 3.8) is 0 Å². The normalized spacial score (nSPS) is 21.6. The van der Waals surface area contributed by atoms with Crippen molar-refractivity contribution in [2.75, 3.05) is 5.73 Å². The maximum atomic E-state index is 6.01. The van der Waals surface area contributed by atoms with Gasteiger partial charge in [0.1, 0.15) is 0 Å². The van der Waals surface area contributed by atoms with E-state index in [-0.39, 0.29) is 10.8 Å². The molecule has 0 aromatic heterocycles. The molecule has 0 aliphatic heterocycles. The molecule has 2 N–H and O–H groups in total. The first-order valence-electron chi connectivity index (χ1n) is 5.84. The molecule has 0 heterocycles. The molecule has 0 fully saturated rings. The number of anilines is 1. The van der Waals surface area contributed by atoms with Crippen LogP contribution in [-0.2, 0) is 10.8 Å². The fourth-order valence-corrected chi connectivity index (χ4v) is 2.95. The molecule has 16 heavy (non-hydrogen) atoms. The van der Waals surface area contributed by atoms with E-state index in [9.17, 15) is 0 Å². The highest BCUT2D eigenvalue weighted by Crippen LogP contribution is 2.47. The molecule has 1 aliphatic carbocycles. The van der Waals surface area contributed by atoms with Crippen LogP contribution in [0.2, 0.25) is 0 Å². The standard InChI is InChI=1S/C14H20BrN/c1-13(2)5-6-14(3,4)10-8-12(16)11(15)7-9(10)13/h7-8H,5-6,16H2,1-4H3. The van der Waals surface area contributed by atoms with E-state index in [0.29, 0.717) is 0 Å². The first-order chi connectivity index (χ1) is 7.24. The van der Waals surface area contributed by atoms with Crippen LogP contribution in [0.3, 0.4) is 0 Å². The van der Waals surface area contributed by atoms with Crippen molar-refractivity contribution in [3.05, 3.63) is 27.7 Å². The van der Waals surface area contributed by atoms with Crippen LogP contribution in [0.25, 0.3) is 0 Å². The van der Waals surface area contributed by atoms with E-state index in [2.05, 4.69) is 55.8 Å². The minimum Gasteiger partial charge on any atom is -0.398 e. The minimum atomic E-state index is 0.250. The number of nitrogens with two attached hydrogens (primary N) is 1. The molecule has 0 bridgehead atoms. The van der Waals surface area contributed by atoms with Crippen molar-refractivity contribution in [3.8, 4) is 0 Å². The maximum Gasteiger partial charge on any atom is 0.0461 e. The number of hydrogen-bond acceptors (Lipinski definition) is 1. The van der Waals surface area contributed by atoms with Crippen LogP contribution in [-0.4, -0.2) is 0 Å². The van der Waals surface area contributed by atoms with E-state index < -0.39 is 0 Å². The average Bonchev–Trinajstić information content (AvgIpc) is 2.17. The van der Waals surface area contributed by atoms with E-state index in [1.54, 1.807) is 0 Å². The number of rotatable bonds is 0. The quantitative estimate of drug-likeness (QED) is 0.702. The fraction of sp³-hybridized carbons (Fsp3) is 0.571. The van der Waals surface area contributed by atoms with E-state index in [1.807, 2.05) is 0 Å². The Morgan fingerprint density at radius 2 is 1.44 bits per heavy atom. The molecule has 0 unspecified atom stereocenters. The molecule has 0 amide bonds. The lowest BCUT2D eigenvalue weighted by atomic mass is 9.63. The fourth-order valence-electron chi connectivity index (χ4n) is 2.60. The van der Waals surface area contributed by atoms with Crippen LogP contribution < -0.4 is 5.73 Å². The Morgan fingerprint density at radius 1 is 1.00 bits per heavy atom. The SMILES string of the molecule is CC1(C)CCC(C)(C)c2cc(Br)c(N)cc21. The van der Waals surface area contributed by atoms with Gasteiger partial charge < -0.3 is 5.73 Å². The highest BCUT2D eigenvalue weighted by Gasteiger charge is 2.37. The zero-order valence-electron chi connectivity index (χ0n) is 10.5. The summed E-state index contributed by atoms with van der Waals surface area (Å²) in [5.41, 5.74) is 10.2. The number of fused-ring (bicyclic) bond motifs is 1. The molecule has 1 aliphatic rings. The first kappa shape index (κ1) is 12.0. The summed E-state index contributed by atoms with van der Waals surface area (Å²) in [5.74, 6) is 0. The van der Waals surface area contributed by atoms with E-state index in [0.717, 1.165) is 10.2 Å². The van der Waals surface area contributed by atoms with Gasteiger partial charge in [-0.15, -0.1) is 0 Å². The van der Waals surface area contributed by atoms with Crippen LogP contribution in [0.5, 0.6) is 0 Å². The molecular weight excluding hydrogens is 262 g/mol. The zero-order chi connectivity index (χ0) is 12.1. The van der Waals surface area contributed by atoms with Crippen molar-refractivity contribution in [2.24, 2.45) is 0 Å². The van der Waals surface area contributed by atoms with Gasteiger partial charge >= 0.3 is 0 Å². The third-order valence-electron chi connectivity index (χ3n) is 3.97. The second-order valence-electron chi connectivity index (χ2n) is 6.19. The minimum absolute atomic E-state index is 0.250. The molecule has 0 saturated carbocycles.